The van der Waals surface area contributed by atoms with E-state index in [0.717, 1.165) is 30.4 Å². The molecule has 2 N–H and O–H groups in total. The molecule has 22 heavy (non-hydrogen) atoms. The van der Waals surface area contributed by atoms with E-state index in [2.05, 4.69) is 50.8 Å². The maximum atomic E-state index is 12.3. The topological polar surface area (TPSA) is 41.1 Å². The average molecular weight is 388 g/mol. The van der Waals surface area contributed by atoms with Crippen molar-refractivity contribution in [3.05, 3.63) is 34.3 Å². The summed E-state index contributed by atoms with van der Waals surface area (Å²) in [6.07, 6.45) is 6.92. The van der Waals surface area contributed by atoms with Crippen LogP contribution in [-0.2, 0) is 10.2 Å². The molecule has 1 heterocycles. The van der Waals surface area contributed by atoms with Crippen LogP contribution in [0.2, 0.25) is 0 Å². The van der Waals surface area contributed by atoms with Gasteiger partial charge < -0.3 is 10.6 Å². The molecule has 5 heteroatoms. The van der Waals surface area contributed by atoms with E-state index in [1.54, 1.807) is 0 Å². The zero-order valence-electron chi connectivity index (χ0n) is 12.7. The molecule has 3 rings (SSSR count). The van der Waals surface area contributed by atoms with E-state index in [4.69, 9.17) is 0 Å². The van der Waals surface area contributed by atoms with E-state index in [9.17, 15) is 4.79 Å². The Morgan fingerprint density at radius 1 is 1.32 bits per heavy atom. The quantitative estimate of drug-likeness (QED) is 0.829. The maximum Gasteiger partial charge on any atom is 0.237 e. The molecule has 0 bridgehead atoms. The van der Waals surface area contributed by atoms with E-state index in [1.165, 1.54) is 31.2 Å². The third-order valence-electron chi connectivity index (χ3n) is 4.98. The second kappa shape index (κ2) is 7.80. The van der Waals surface area contributed by atoms with Crippen molar-refractivity contribution in [2.75, 3.05) is 13.1 Å². The molecule has 1 aliphatic carbocycles. The average Bonchev–Trinajstić information content (AvgIpc) is 3.17. The van der Waals surface area contributed by atoms with Gasteiger partial charge in [-0.2, -0.15) is 0 Å². The molecular weight excluding hydrogens is 364 g/mol. The lowest BCUT2D eigenvalue weighted by Crippen LogP contribution is -2.46. The Morgan fingerprint density at radius 3 is 2.73 bits per heavy atom. The molecule has 1 aromatic carbocycles. The third kappa shape index (κ3) is 3.84. The van der Waals surface area contributed by atoms with Crippen LogP contribution in [0, 0.1) is 0 Å². The van der Waals surface area contributed by atoms with E-state index in [1.807, 2.05) is 0 Å². The number of benzene rings is 1. The van der Waals surface area contributed by atoms with Crippen molar-refractivity contribution < 1.29 is 4.79 Å². The fourth-order valence-electron chi connectivity index (χ4n) is 3.73. The summed E-state index contributed by atoms with van der Waals surface area (Å²) in [6.45, 7) is 1.73. The molecular formula is C17H24BrClN2O. The van der Waals surface area contributed by atoms with Crippen LogP contribution in [0.15, 0.2) is 28.7 Å². The molecule has 0 aromatic heterocycles. The van der Waals surface area contributed by atoms with Crippen LogP contribution >= 0.6 is 28.3 Å². The lowest BCUT2D eigenvalue weighted by Gasteiger charge is -2.30. The molecule has 2 aliphatic rings. The first-order chi connectivity index (χ1) is 10.2. The van der Waals surface area contributed by atoms with Crippen LogP contribution in [0.3, 0.4) is 0 Å². The normalized spacial score (nSPS) is 23.0. The van der Waals surface area contributed by atoms with Gasteiger partial charge in [0.15, 0.2) is 0 Å². The Labute approximate surface area is 147 Å². The molecule has 3 nitrogen and oxygen atoms in total. The fraction of sp³-hybridized carbons (Fsp3) is 0.588. The molecule has 0 radical (unpaired) electrons. The van der Waals surface area contributed by atoms with Gasteiger partial charge in [0.25, 0.3) is 0 Å². The van der Waals surface area contributed by atoms with Gasteiger partial charge in [-0.1, -0.05) is 40.9 Å². The van der Waals surface area contributed by atoms with Gasteiger partial charge in [0.1, 0.15) is 0 Å². The van der Waals surface area contributed by atoms with Crippen molar-refractivity contribution in [3.63, 3.8) is 0 Å². The predicted molar refractivity (Wildman–Crippen MR) is 95.6 cm³/mol. The highest BCUT2D eigenvalue weighted by Crippen LogP contribution is 2.41. The zero-order valence-corrected chi connectivity index (χ0v) is 15.1. The number of hydrogen-bond acceptors (Lipinski definition) is 2. The summed E-state index contributed by atoms with van der Waals surface area (Å²) in [5, 5.41) is 6.48. The Morgan fingerprint density at radius 2 is 2.09 bits per heavy atom. The van der Waals surface area contributed by atoms with Crippen LogP contribution in [-0.4, -0.2) is 25.0 Å². The summed E-state index contributed by atoms with van der Waals surface area (Å²) in [5.74, 6) is 0.175. The predicted octanol–water partition coefficient (Wildman–Crippen LogP) is 3.55. The molecule has 1 aromatic rings. The number of rotatable bonds is 4. The lowest BCUT2D eigenvalue weighted by molar-refractivity contribution is -0.123. The van der Waals surface area contributed by atoms with E-state index in [0.29, 0.717) is 0 Å². The van der Waals surface area contributed by atoms with Gasteiger partial charge in [0.2, 0.25) is 5.91 Å². The SMILES string of the molecule is Cl.O=C(NCC1(c2cccc(Br)c2)CCCC1)C1CCCN1. The molecule has 1 atom stereocenters. The van der Waals surface area contributed by atoms with E-state index in [-0.39, 0.29) is 29.8 Å². The third-order valence-corrected chi connectivity index (χ3v) is 5.47. The molecule has 0 spiro atoms. The van der Waals surface area contributed by atoms with Crippen LogP contribution in [0.5, 0.6) is 0 Å². The molecule has 1 aliphatic heterocycles. The Hall–Kier alpha value is -0.580. The van der Waals surface area contributed by atoms with Crippen LogP contribution in [0.4, 0.5) is 0 Å². The summed E-state index contributed by atoms with van der Waals surface area (Å²) in [5.41, 5.74) is 1.48. The van der Waals surface area contributed by atoms with Crippen molar-refractivity contribution in [1.82, 2.24) is 10.6 Å². The highest BCUT2D eigenvalue weighted by atomic mass is 79.9. The van der Waals surface area contributed by atoms with Gasteiger partial charge in [-0.3, -0.25) is 4.79 Å². The van der Waals surface area contributed by atoms with Crippen molar-refractivity contribution in [2.24, 2.45) is 0 Å². The van der Waals surface area contributed by atoms with Gasteiger partial charge in [-0.05, 0) is 49.9 Å². The number of hydrogen-bond donors (Lipinski definition) is 2. The minimum absolute atomic E-state index is 0. The maximum absolute atomic E-state index is 12.3. The van der Waals surface area contributed by atoms with Gasteiger partial charge in [0, 0.05) is 16.4 Å². The van der Waals surface area contributed by atoms with Gasteiger partial charge in [0.05, 0.1) is 6.04 Å². The number of carbonyl (C=O) groups is 1. The molecule has 1 saturated heterocycles. The Balaban J connectivity index is 0.00000176. The zero-order chi connectivity index (χ0) is 14.7. The van der Waals surface area contributed by atoms with E-state index < -0.39 is 0 Å². The summed E-state index contributed by atoms with van der Waals surface area (Å²) in [7, 11) is 0. The Bertz CT molecular complexity index is 511. The van der Waals surface area contributed by atoms with Crippen molar-refractivity contribution in [1.29, 1.82) is 0 Å². The summed E-state index contributed by atoms with van der Waals surface area (Å²) in [4.78, 5) is 12.3. The molecule has 1 amide bonds. The first kappa shape index (κ1) is 17.8. The van der Waals surface area contributed by atoms with Crippen molar-refractivity contribution >= 4 is 34.2 Å². The van der Waals surface area contributed by atoms with Crippen molar-refractivity contribution in [3.8, 4) is 0 Å². The van der Waals surface area contributed by atoms with Gasteiger partial charge in [-0.25, -0.2) is 0 Å². The molecule has 2 fully saturated rings. The monoisotopic (exact) mass is 386 g/mol. The number of carbonyl (C=O) groups excluding carboxylic acids is 1. The van der Waals surface area contributed by atoms with Crippen LogP contribution in [0.1, 0.15) is 44.1 Å². The van der Waals surface area contributed by atoms with Crippen molar-refractivity contribution in [2.45, 2.75) is 50.0 Å². The standard InChI is InChI=1S/C17H23BrN2O.ClH/c18-14-6-3-5-13(11-14)17(8-1-2-9-17)12-20-16(21)15-7-4-10-19-15;/h3,5-6,11,15,19H,1-2,4,7-10,12H2,(H,20,21);1H. The van der Waals surface area contributed by atoms with Crippen LogP contribution in [0.25, 0.3) is 0 Å². The van der Waals surface area contributed by atoms with Crippen LogP contribution < -0.4 is 10.6 Å². The minimum atomic E-state index is 0. The fourth-order valence-corrected chi connectivity index (χ4v) is 4.12. The number of nitrogens with one attached hydrogen (secondary N) is 2. The Kier molecular flexibility index (Phi) is 6.30. The number of halogens is 2. The second-order valence-corrected chi connectivity index (χ2v) is 7.28. The van der Waals surface area contributed by atoms with Gasteiger partial charge >= 0.3 is 0 Å². The molecule has 1 saturated carbocycles. The summed E-state index contributed by atoms with van der Waals surface area (Å²) in [6, 6.07) is 8.60. The lowest BCUT2D eigenvalue weighted by atomic mass is 9.79. The minimum Gasteiger partial charge on any atom is -0.354 e. The largest absolute Gasteiger partial charge is 0.354 e. The highest BCUT2D eigenvalue weighted by Gasteiger charge is 2.36. The second-order valence-electron chi connectivity index (χ2n) is 6.36. The molecule has 122 valence electrons. The first-order valence-electron chi connectivity index (χ1n) is 7.97. The summed E-state index contributed by atoms with van der Waals surface area (Å²) < 4.78 is 1.12. The molecule has 1 unspecified atom stereocenters. The highest BCUT2D eigenvalue weighted by molar-refractivity contribution is 9.10. The van der Waals surface area contributed by atoms with Gasteiger partial charge in [-0.15, -0.1) is 12.4 Å². The smallest absolute Gasteiger partial charge is 0.237 e. The van der Waals surface area contributed by atoms with E-state index >= 15 is 0 Å². The summed E-state index contributed by atoms with van der Waals surface area (Å²) >= 11 is 3.57. The number of amides is 1. The first-order valence-corrected chi connectivity index (χ1v) is 8.76.